The first-order valence-electron chi connectivity index (χ1n) is 8.49. The van der Waals surface area contributed by atoms with Crippen molar-refractivity contribution in [3.63, 3.8) is 0 Å². The van der Waals surface area contributed by atoms with Gasteiger partial charge in [0, 0.05) is 12.0 Å². The van der Waals surface area contributed by atoms with Crippen LogP contribution in [0, 0.1) is 5.92 Å². The Morgan fingerprint density at radius 1 is 1.25 bits per heavy atom. The SMILES string of the molecule is CCC(=O)C(NC(=O)c1ccccc1)(OC1=CC=C(N)C(=NO)C1C)C(=O)O. The lowest BCUT2D eigenvalue weighted by molar-refractivity contribution is -0.171. The second-order valence-corrected chi connectivity index (χ2v) is 6.08. The normalized spacial score (nSPS) is 19.8. The van der Waals surface area contributed by atoms with Gasteiger partial charge in [0.2, 0.25) is 5.78 Å². The number of aliphatic carboxylic acids is 1. The number of Topliss-reactive ketones (excluding diaryl/α,β-unsaturated/α-hetero) is 1. The van der Waals surface area contributed by atoms with Gasteiger partial charge in [-0.05, 0) is 31.2 Å². The van der Waals surface area contributed by atoms with Crippen LogP contribution in [-0.4, -0.2) is 39.4 Å². The second-order valence-electron chi connectivity index (χ2n) is 6.08. The van der Waals surface area contributed by atoms with E-state index >= 15 is 0 Å². The summed E-state index contributed by atoms with van der Waals surface area (Å²) in [5, 5.41) is 24.2. The maximum atomic E-state index is 12.6. The lowest BCUT2D eigenvalue weighted by Crippen LogP contribution is -2.62. The summed E-state index contributed by atoms with van der Waals surface area (Å²) in [6.45, 7) is 3.01. The number of carboxylic acid groups (broad SMARTS) is 1. The number of carbonyl (C=O) groups excluding carboxylic acids is 2. The van der Waals surface area contributed by atoms with Gasteiger partial charge in [-0.15, -0.1) is 0 Å². The number of nitrogens with two attached hydrogens (primary N) is 1. The van der Waals surface area contributed by atoms with E-state index in [1.165, 1.54) is 31.2 Å². The summed E-state index contributed by atoms with van der Waals surface area (Å²) in [6, 6.07) is 7.84. The third-order valence-electron chi connectivity index (χ3n) is 4.28. The number of oxime groups is 1. The van der Waals surface area contributed by atoms with Gasteiger partial charge in [0.05, 0.1) is 11.6 Å². The van der Waals surface area contributed by atoms with Gasteiger partial charge in [0.15, 0.2) is 0 Å². The fraction of sp³-hybridized carbons (Fsp3) is 0.263. The number of nitrogens with one attached hydrogen (secondary N) is 1. The lowest BCUT2D eigenvalue weighted by Gasteiger charge is -2.33. The Morgan fingerprint density at radius 2 is 1.89 bits per heavy atom. The molecule has 0 heterocycles. The summed E-state index contributed by atoms with van der Waals surface area (Å²) in [7, 11) is 0. The van der Waals surface area contributed by atoms with Crippen LogP contribution in [0.5, 0.6) is 0 Å². The molecule has 28 heavy (non-hydrogen) atoms. The van der Waals surface area contributed by atoms with Gasteiger partial charge in [-0.1, -0.05) is 30.3 Å². The van der Waals surface area contributed by atoms with Crippen LogP contribution in [0.2, 0.25) is 0 Å². The number of hydrogen-bond acceptors (Lipinski definition) is 7. The Kier molecular flexibility index (Phi) is 6.19. The van der Waals surface area contributed by atoms with Gasteiger partial charge < -0.3 is 20.8 Å². The van der Waals surface area contributed by atoms with Crippen molar-refractivity contribution in [2.45, 2.75) is 26.0 Å². The molecule has 2 unspecified atom stereocenters. The Hall–Kier alpha value is -3.62. The van der Waals surface area contributed by atoms with E-state index in [-0.39, 0.29) is 29.2 Å². The number of benzene rings is 1. The summed E-state index contributed by atoms with van der Waals surface area (Å²) in [6.07, 6.45) is 2.51. The van der Waals surface area contributed by atoms with Crippen molar-refractivity contribution in [2.75, 3.05) is 0 Å². The molecule has 148 valence electrons. The predicted octanol–water partition coefficient (Wildman–Crippen LogP) is 1.40. The summed E-state index contributed by atoms with van der Waals surface area (Å²) < 4.78 is 5.57. The summed E-state index contributed by atoms with van der Waals surface area (Å²) >= 11 is 0. The van der Waals surface area contributed by atoms with Crippen molar-refractivity contribution in [2.24, 2.45) is 16.8 Å². The smallest absolute Gasteiger partial charge is 0.378 e. The molecular weight excluding hydrogens is 366 g/mol. The maximum Gasteiger partial charge on any atom is 0.378 e. The molecule has 2 atom stereocenters. The molecule has 0 fully saturated rings. The summed E-state index contributed by atoms with van der Waals surface area (Å²) in [4.78, 5) is 37.2. The molecule has 0 aliphatic heterocycles. The quantitative estimate of drug-likeness (QED) is 0.239. The number of carboxylic acids is 1. The van der Waals surface area contributed by atoms with E-state index in [2.05, 4.69) is 10.5 Å². The maximum absolute atomic E-state index is 12.6. The third kappa shape index (κ3) is 3.88. The highest BCUT2D eigenvalue weighted by atomic mass is 16.6. The lowest BCUT2D eigenvalue weighted by atomic mass is 9.95. The molecule has 1 aromatic rings. The standard InChI is InChI=1S/C19H21N3O6/c1-3-15(23)19(18(25)26,21-17(24)12-7-5-4-6-8-12)28-14-10-9-13(20)16(22-27)11(14)2/h4-11,27H,3,20H2,1-2H3,(H,21,24)(H,25,26). The summed E-state index contributed by atoms with van der Waals surface area (Å²) in [5.74, 6) is -4.07. The van der Waals surface area contributed by atoms with E-state index in [0.29, 0.717) is 0 Å². The highest BCUT2D eigenvalue weighted by molar-refractivity contribution is 6.11. The number of amides is 1. The van der Waals surface area contributed by atoms with Gasteiger partial charge in [-0.3, -0.25) is 14.9 Å². The molecule has 9 heteroatoms. The number of hydrogen-bond donors (Lipinski definition) is 4. The van der Waals surface area contributed by atoms with Crippen molar-refractivity contribution in [3.8, 4) is 0 Å². The molecule has 9 nitrogen and oxygen atoms in total. The molecule has 2 rings (SSSR count). The van der Waals surface area contributed by atoms with Crippen LogP contribution in [0.1, 0.15) is 30.6 Å². The van der Waals surface area contributed by atoms with Crippen molar-refractivity contribution < 1.29 is 29.4 Å². The van der Waals surface area contributed by atoms with Crippen LogP contribution in [0.4, 0.5) is 0 Å². The first-order valence-corrected chi connectivity index (χ1v) is 8.49. The van der Waals surface area contributed by atoms with Crippen LogP contribution in [0.25, 0.3) is 0 Å². The zero-order chi connectivity index (χ0) is 20.9. The van der Waals surface area contributed by atoms with E-state index < -0.39 is 29.3 Å². The average Bonchev–Trinajstić information content (AvgIpc) is 2.69. The number of carbonyl (C=O) groups is 3. The minimum absolute atomic E-state index is 0.000406. The number of ketones is 1. The van der Waals surface area contributed by atoms with Crippen molar-refractivity contribution in [1.29, 1.82) is 0 Å². The molecule has 5 N–H and O–H groups in total. The van der Waals surface area contributed by atoms with Crippen LogP contribution < -0.4 is 11.1 Å². The van der Waals surface area contributed by atoms with Gasteiger partial charge in [-0.25, -0.2) is 4.79 Å². The number of allylic oxidation sites excluding steroid dienone is 4. The molecule has 1 aliphatic carbocycles. The van der Waals surface area contributed by atoms with Crippen LogP contribution in [-0.2, 0) is 14.3 Å². The van der Waals surface area contributed by atoms with E-state index in [9.17, 15) is 19.5 Å². The number of ether oxygens (including phenoxy) is 1. The van der Waals surface area contributed by atoms with E-state index in [1.54, 1.807) is 25.1 Å². The first-order chi connectivity index (χ1) is 13.3. The van der Waals surface area contributed by atoms with E-state index in [0.717, 1.165) is 0 Å². The number of nitrogens with zero attached hydrogens (tertiary/aromatic N) is 1. The highest BCUT2D eigenvalue weighted by Crippen LogP contribution is 2.27. The van der Waals surface area contributed by atoms with Crippen LogP contribution in [0.15, 0.2) is 59.1 Å². The average molecular weight is 387 g/mol. The predicted molar refractivity (Wildman–Crippen MR) is 99.4 cm³/mol. The fourth-order valence-corrected chi connectivity index (χ4v) is 2.67. The monoisotopic (exact) mass is 387 g/mol. The van der Waals surface area contributed by atoms with Crippen molar-refractivity contribution in [3.05, 3.63) is 59.5 Å². The minimum atomic E-state index is -2.65. The Morgan fingerprint density at radius 3 is 2.43 bits per heavy atom. The second kappa shape index (κ2) is 8.38. The Balaban J connectivity index is 2.46. The van der Waals surface area contributed by atoms with Gasteiger partial charge in [0.1, 0.15) is 11.5 Å². The molecule has 0 spiro atoms. The van der Waals surface area contributed by atoms with Gasteiger partial charge >= 0.3 is 11.7 Å². The zero-order valence-corrected chi connectivity index (χ0v) is 15.4. The molecule has 1 amide bonds. The van der Waals surface area contributed by atoms with Crippen LogP contribution >= 0.6 is 0 Å². The van der Waals surface area contributed by atoms with E-state index in [4.69, 9.17) is 15.7 Å². The molecule has 0 radical (unpaired) electrons. The largest absolute Gasteiger partial charge is 0.476 e. The molecule has 0 saturated carbocycles. The molecule has 1 aliphatic rings. The molecular formula is C19H21N3O6. The molecule has 0 saturated heterocycles. The summed E-state index contributed by atoms with van der Waals surface area (Å²) in [5.41, 5.74) is 3.45. The highest BCUT2D eigenvalue weighted by Gasteiger charge is 2.51. The van der Waals surface area contributed by atoms with Gasteiger partial charge in [0.25, 0.3) is 5.91 Å². The zero-order valence-electron chi connectivity index (χ0n) is 15.4. The molecule has 0 aromatic heterocycles. The minimum Gasteiger partial charge on any atom is -0.476 e. The fourth-order valence-electron chi connectivity index (χ4n) is 2.67. The topological polar surface area (TPSA) is 151 Å². The number of rotatable bonds is 7. The molecule has 1 aromatic carbocycles. The van der Waals surface area contributed by atoms with Crippen molar-refractivity contribution in [1.82, 2.24) is 5.32 Å². The van der Waals surface area contributed by atoms with Crippen LogP contribution in [0.3, 0.4) is 0 Å². The van der Waals surface area contributed by atoms with Crippen molar-refractivity contribution >= 4 is 23.4 Å². The van der Waals surface area contributed by atoms with Gasteiger partial charge in [-0.2, -0.15) is 0 Å². The first kappa shape index (κ1) is 20.7. The van der Waals surface area contributed by atoms with E-state index in [1.807, 2.05) is 0 Å². The Labute approximate surface area is 161 Å². The Bertz CT molecular complexity index is 875. The third-order valence-corrected chi connectivity index (χ3v) is 4.28. The molecule has 0 bridgehead atoms.